The third-order valence-corrected chi connectivity index (χ3v) is 2.51. The van der Waals surface area contributed by atoms with Gasteiger partial charge in [-0.2, -0.15) is 0 Å². The Hall–Kier alpha value is -1.51. The summed E-state index contributed by atoms with van der Waals surface area (Å²) in [5.41, 5.74) is 3.22. The minimum atomic E-state index is -0.120. The zero-order valence-corrected chi connectivity index (χ0v) is 10.3. The van der Waals surface area contributed by atoms with Gasteiger partial charge in [0.15, 0.2) is 0 Å². The van der Waals surface area contributed by atoms with Crippen LogP contribution in [0, 0.1) is 6.92 Å². The van der Waals surface area contributed by atoms with Crippen LogP contribution in [0.3, 0.4) is 0 Å². The van der Waals surface area contributed by atoms with Crippen molar-refractivity contribution >= 4 is 11.7 Å². The molecule has 2 N–H and O–H groups in total. The number of amides is 2. The Morgan fingerprint density at radius 1 is 1.31 bits per heavy atom. The molecule has 1 rings (SSSR count). The van der Waals surface area contributed by atoms with Crippen molar-refractivity contribution in [1.82, 2.24) is 5.32 Å². The van der Waals surface area contributed by atoms with E-state index in [1.54, 1.807) is 0 Å². The molecule has 0 aliphatic rings. The maximum atomic E-state index is 11.6. The number of para-hydroxylation sites is 1. The molecule has 0 unspecified atom stereocenters. The van der Waals surface area contributed by atoms with Gasteiger partial charge in [0.1, 0.15) is 0 Å². The number of hydrogen-bond acceptors (Lipinski definition) is 1. The molecule has 0 radical (unpaired) electrons. The molecule has 0 heterocycles. The van der Waals surface area contributed by atoms with Crippen LogP contribution in [-0.2, 0) is 6.42 Å². The summed E-state index contributed by atoms with van der Waals surface area (Å²) < 4.78 is 0. The molecule has 0 aliphatic heterocycles. The number of rotatable bonds is 4. The van der Waals surface area contributed by atoms with Crippen LogP contribution in [0.2, 0.25) is 0 Å². The molecular formula is C13H20N2O. The minimum Gasteiger partial charge on any atom is -0.338 e. The van der Waals surface area contributed by atoms with Crippen molar-refractivity contribution < 1.29 is 4.79 Å². The molecule has 1 aromatic carbocycles. The van der Waals surface area contributed by atoms with Crippen LogP contribution in [0.5, 0.6) is 0 Å². The molecule has 1 aromatic rings. The van der Waals surface area contributed by atoms with E-state index in [1.165, 1.54) is 5.56 Å². The summed E-state index contributed by atoms with van der Waals surface area (Å²) in [7, 11) is 0. The predicted octanol–water partition coefficient (Wildman–Crippen LogP) is 3.09. The van der Waals surface area contributed by atoms with Crippen molar-refractivity contribution in [2.75, 3.05) is 11.9 Å². The number of anilines is 1. The van der Waals surface area contributed by atoms with E-state index in [0.717, 1.165) is 24.1 Å². The monoisotopic (exact) mass is 220 g/mol. The van der Waals surface area contributed by atoms with E-state index < -0.39 is 0 Å². The standard InChI is InChI=1S/C13H20N2O/c1-4-9-14-13(16)15-12-10(3)7-6-8-11(12)5-2/h6-8H,4-5,9H2,1-3H3,(H2,14,15,16). The molecule has 0 atom stereocenters. The maximum absolute atomic E-state index is 11.6. The summed E-state index contributed by atoms with van der Waals surface area (Å²) in [6.45, 7) is 6.84. The van der Waals surface area contributed by atoms with E-state index in [9.17, 15) is 4.79 Å². The number of benzene rings is 1. The molecule has 3 nitrogen and oxygen atoms in total. The molecule has 0 saturated carbocycles. The second kappa shape index (κ2) is 6.16. The molecule has 3 heteroatoms. The summed E-state index contributed by atoms with van der Waals surface area (Å²) in [4.78, 5) is 11.6. The average molecular weight is 220 g/mol. The van der Waals surface area contributed by atoms with Crippen molar-refractivity contribution in [3.8, 4) is 0 Å². The van der Waals surface area contributed by atoms with Crippen molar-refractivity contribution in [1.29, 1.82) is 0 Å². The van der Waals surface area contributed by atoms with Gasteiger partial charge in [-0.1, -0.05) is 32.0 Å². The molecule has 0 aromatic heterocycles. The van der Waals surface area contributed by atoms with Gasteiger partial charge in [0.25, 0.3) is 0 Å². The van der Waals surface area contributed by atoms with Gasteiger partial charge < -0.3 is 10.6 Å². The minimum absolute atomic E-state index is 0.120. The second-order valence-electron chi connectivity index (χ2n) is 3.84. The molecular weight excluding hydrogens is 200 g/mol. The first-order valence-electron chi connectivity index (χ1n) is 5.82. The van der Waals surface area contributed by atoms with Crippen molar-refractivity contribution in [2.24, 2.45) is 0 Å². The van der Waals surface area contributed by atoms with E-state index >= 15 is 0 Å². The van der Waals surface area contributed by atoms with Gasteiger partial charge in [-0.3, -0.25) is 0 Å². The predicted molar refractivity (Wildman–Crippen MR) is 67.9 cm³/mol. The first-order chi connectivity index (χ1) is 7.69. The maximum Gasteiger partial charge on any atom is 0.319 e. The van der Waals surface area contributed by atoms with E-state index in [2.05, 4.69) is 17.6 Å². The lowest BCUT2D eigenvalue weighted by atomic mass is 10.1. The van der Waals surface area contributed by atoms with E-state index in [0.29, 0.717) is 6.54 Å². The summed E-state index contributed by atoms with van der Waals surface area (Å²) in [5, 5.41) is 5.72. The van der Waals surface area contributed by atoms with Crippen molar-refractivity contribution in [2.45, 2.75) is 33.6 Å². The smallest absolute Gasteiger partial charge is 0.319 e. The number of hydrogen-bond donors (Lipinski definition) is 2. The quantitative estimate of drug-likeness (QED) is 0.804. The van der Waals surface area contributed by atoms with Crippen LogP contribution in [0.25, 0.3) is 0 Å². The number of aryl methyl sites for hydroxylation is 2. The summed E-state index contributed by atoms with van der Waals surface area (Å²) in [6.07, 6.45) is 1.87. The normalized spacial score (nSPS) is 9.94. The zero-order chi connectivity index (χ0) is 12.0. The first kappa shape index (κ1) is 12.6. The second-order valence-corrected chi connectivity index (χ2v) is 3.84. The lowest BCUT2D eigenvalue weighted by Crippen LogP contribution is -2.29. The van der Waals surface area contributed by atoms with Gasteiger partial charge in [0.05, 0.1) is 0 Å². The molecule has 2 amide bonds. The number of nitrogens with one attached hydrogen (secondary N) is 2. The highest BCUT2D eigenvalue weighted by Gasteiger charge is 2.07. The van der Waals surface area contributed by atoms with Gasteiger partial charge >= 0.3 is 6.03 Å². The fourth-order valence-electron chi connectivity index (χ4n) is 1.60. The van der Waals surface area contributed by atoms with Crippen LogP contribution < -0.4 is 10.6 Å². The number of carbonyl (C=O) groups excluding carboxylic acids is 1. The van der Waals surface area contributed by atoms with Crippen molar-refractivity contribution in [3.05, 3.63) is 29.3 Å². The summed E-state index contributed by atoms with van der Waals surface area (Å²) >= 11 is 0. The molecule has 0 spiro atoms. The largest absolute Gasteiger partial charge is 0.338 e. The SMILES string of the molecule is CCCNC(=O)Nc1c(C)cccc1CC. The highest BCUT2D eigenvalue weighted by molar-refractivity contribution is 5.91. The van der Waals surface area contributed by atoms with E-state index in [1.807, 2.05) is 32.0 Å². The third-order valence-electron chi connectivity index (χ3n) is 2.51. The summed E-state index contributed by atoms with van der Waals surface area (Å²) in [6, 6.07) is 5.95. The van der Waals surface area contributed by atoms with Gasteiger partial charge in [0.2, 0.25) is 0 Å². The average Bonchev–Trinajstić information content (AvgIpc) is 2.29. The van der Waals surface area contributed by atoms with Gasteiger partial charge in [-0.15, -0.1) is 0 Å². The molecule has 0 saturated heterocycles. The lowest BCUT2D eigenvalue weighted by Gasteiger charge is -2.13. The highest BCUT2D eigenvalue weighted by Crippen LogP contribution is 2.20. The van der Waals surface area contributed by atoms with Gasteiger partial charge in [0, 0.05) is 12.2 Å². The van der Waals surface area contributed by atoms with Crippen LogP contribution in [0.1, 0.15) is 31.4 Å². The van der Waals surface area contributed by atoms with Crippen LogP contribution >= 0.6 is 0 Å². The van der Waals surface area contributed by atoms with Crippen molar-refractivity contribution in [3.63, 3.8) is 0 Å². The Kier molecular flexibility index (Phi) is 4.83. The summed E-state index contributed by atoms with van der Waals surface area (Å²) in [5.74, 6) is 0. The topological polar surface area (TPSA) is 41.1 Å². The Morgan fingerprint density at radius 3 is 2.69 bits per heavy atom. The van der Waals surface area contributed by atoms with E-state index in [4.69, 9.17) is 0 Å². The Labute approximate surface area is 97.2 Å². The molecule has 88 valence electrons. The fraction of sp³-hybridized carbons (Fsp3) is 0.462. The van der Waals surface area contributed by atoms with Crippen LogP contribution in [-0.4, -0.2) is 12.6 Å². The van der Waals surface area contributed by atoms with Crippen LogP contribution in [0.15, 0.2) is 18.2 Å². The van der Waals surface area contributed by atoms with Gasteiger partial charge in [-0.05, 0) is 30.9 Å². The van der Waals surface area contributed by atoms with Crippen LogP contribution in [0.4, 0.5) is 10.5 Å². The van der Waals surface area contributed by atoms with Gasteiger partial charge in [-0.25, -0.2) is 4.79 Å². The fourth-order valence-corrected chi connectivity index (χ4v) is 1.60. The first-order valence-corrected chi connectivity index (χ1v) is 5.82. The number of carbonyl (C=O) groups is 1. The third kappa shape index (κ3) is 3.26. The lowest BCUT2D eigenvalue weighted by molar-refractivity contribution is 0.252. The number of urea groups is 1. The van der Waals surface area contributed by atoms with E-state index in [-0.39, 0.29) is 6.03 Å². The Balaban J connectivity index is 2.75. The Morgan fingerprint density at radius 2 is 2.06 bits per heavy atom. The molecule has 0 aliphatic carbocycles. The highest BCUT2D eigenvalue weighted by atomic mass is 16.2. The Bertz CT molecular complexity index is 361. The molecule has 0 fully saturated rings. The zero-order valence-electron chi connectivity index (χ0n) is 10.3. The molecule has 0 bridgehead atoms. The molecule has 16 heavy (non-hydrogen) atoms.